The maximum atomic E-state index is 12.9. The largest absolute Gasteiger partial charge is 0.573 e. The first-order valence-electron chi connectivity index (χ1n) is 9.81. The average molecular weight is 477 g/mol. The fourth-order valence-electron chi connectivity index (χ4n) is 3.26. The van der Waals surface area contributed by atoms with Gasteiger partial charge in [-0.05, 0) is 29.8 Å². The summed E-state index contributed by atoms with van der Waals surface area (Å²) < 4.78 is 40.7. The van der Waals surface area contributed by atoms with E-state index >= 15 is 0 Å². The zero-order valence-corrected chi connectivity index (χ0v) is 17.9. The quantitative estimate of drug-likeness (QED) is 0.559. The van der Waals surface area contributed by atoms with Crippen molar-refractivity contribution >= 4 is 29.1 Å². The van der Waals surface area contributed by atoms with Crippen LogP contribution in [0.1, 0.15) is 20.8 Å². The molecule has 4 rings (SSSR count). The lowest BCUT2D eigenvalue weighted by Crippen LogP contribution is -2.32. The van der Waals surface area contributed by atoms with Gasteiger partial charge in [0.1, 0.15) is 11.6 Å². The second kappa shape index (κ2) is 9.45. The maximum absolute atomic E-state index is 12.9. The lowest BCUT2D eigenvalue weighted by atomic mass is 10.2. The highest BCUT2D eigenvalue weighted by Crippen LogP contribution is 2.24. The van der Waals surface area contributed by atoms with Crippen molar-refractivity contribution < 1.29 is 27.5 Å². The van der Waals surface area contributed by atoms with E-state index in [0.29, 0.717) is 36.6 Å². The van der Waals surface area contributed by atoms with Gasteiger partial charge in [0, 0.05) is 42.5 Å². The van der Waals surface area contributed by atoms with Crippen LogP contribution in [0.3, 0.4) is 0 Å². The molecular formula is C21H18F3N5O3S. The van der Waals surface area contributed by atoms with Crippen molar-refractivity contribution in [2.75, 3.05) is 18.0 Å². The molecule has 3 amide bonds. The summed E-state index contributed by atoms with van der Waals surface area (Å²) >= 11 is 1.43. The summed E-state index contributed by atoms with van der Waals surface area (Å²) in [4.78, 5) is 37.4. The Morgan fingerprint density at radius 2 is 1.97 bits per heavy atom. The van der Waals surface area contributed by atoms with Crippen LogP contribution in [0.15, 0.2) is 54.3 Å². The molecule has 0 aliphatic carbocycles. The number of hydrogen-bond acceptors (Lipinski definition) is 6. The summed E-state index contributed by atoms with van der Waals surface area (Å²) in [5.41, 5.74) is 2.71. The summed E-state index contributed by atoms with van der Waals surface area (Å²) in [6, 6.07) is 8.17. The molecule has 3 heterocycles. The Kier molecular flexibility index (Phi) is 6.45. The molecule has 1 aliphatic rings. The van der Waals surface area contributed by atoms with E-state index in [4.69, 9.17) is 0 Å². The fraction of sp³-hybridized carbons (Fsp3) is 0.238. The number of halogens is 3. The Bertz CT molecular complexity index is 1120. The van der Waals surface area contributed by atoms with E-state index in [9.17, 15) is 22.8 Å². The van der Waals surface area contributed by atoms with Crippen molar-refractivity contribution in [1.29, 1.82) is 0 Å². The van der Waals surface area contributed by atoms with E-state index in [1.54, 1.807) is 28.7 Å². The standard InChI is InChI=1S/C21H18F3N5O3S/c22-21(23,24)32-16-3-1-14(2-4-16)12-28-7-8-29(20(28)31)18-9-15(5-6-26-18)19(30)27-11-17-10-25-13-33-17/h1-6,9-10,13H,7-8,11-12H2,(H,27,30). The smallest absolute Gasteiger partial charge is 0.406 e. The third-order valence-corrected chi connectivity index (χ3v) is 5.60. The van der Waals surface area contributed by atoms with Crippen molar-refractivity contribution in [3.63, 3.8) is 0 Å². The molecule has 0 unspecified atom stereocenters. The molecule has 0 bridgehead atoms. The highest BCUT2D eigenvalue weighted by molar-refractivity contribution is 7.09. The SMILES string of the molecule is O=C(NCc1cncs1)c1ccnc(N2CCN(Cc3ccc(OC(F)(F)F)cc3)C2=O)c1. The Hall–Kier alpha value is -3.67. The number of benzene rings is 1. The van der Waals surface area contributed by atoms with Gasteiger partial charge in [-0.2, -0.15) is 0 Å². The third-order valence-electron chi connectivity index (χ3n) is 4.82. The molecule has 1 aliphatic heterocycles. The van der Waals surface area contributed by atoms with E-state index in [1.807, 2.05) is 0 Å². The molecule has 1 saturated heterocycles. The van der Waals surface area contributed by atoms with E-state index in [2.05, 4.69) is 20.0 Å². The van der Waals surface area contributed by atoms with Gasteiger partial charge < -0.3 is 15.0 Å². The minimum absolute atomic E-state index is 0.219. The Balaban J connectivity index is 1.37. The summed E-state index contributed by atoms with van der Waals surface area (Å²) in [5.74, 6) is -0.270. The summed E-state index contributed by atoms with van der Waals surface area (Å²) in [6.07, 6.45) is -1.61. The molecule has 0 spiro atoms. The van der Waals surface area contributed by atoms with Crippen molar-refractivity contribution in [1.82, 2.24) is 20.2 Å². The number of rotatable bonds is 7. The zero-order valence-electron chi connectivity index (χ0n) is 17.1. The number of nitrogens with zero attached hydrogens (tertiary/aromatic N) is 4. The molecule has 1 N–H and O–H groups in total. The minimum atomic E-state index is -4.76. The number of urea groups is 1. The third kappa shape index (κ3) is 5.77. The van der Waals surface area contributed by atoms with Crippen LogP contribution in [-0.2, 0) is 13.1 Å². The van der Waals surface area contributed by atoms with Gasteiger partial charge in [0.05, 0.1) is 12.1 Å². The molecule has 8 nitrogen and oxygen atoms in total. The first kappa shape index (κ1) is 22.5. The van der Waals surface area contributed by atoms with Crippen LogP contribution in [0.2, 0.25) is 0 Å². The van der Waals surface area contributed by atoms with Gasteiger partial charge in [0.25, 0.3) is 5.91 Å². The number of amides is 3. The summed E-state index contributed by atoms with van der Waals surface area (Å²) in [7, 11) is 0. The maximum Gasteiger partial charge on any atom is 0.573 e. The highest BCUT2D eigenvalue weighted by atomic mass is 32.1. The van der Waals surface area contributed by atoms with Gasteiger partial charge in [0.2, 0.25) is 0 Å². The minimum Gasteiger partial charge on any atom is -0.406 e. The number of carbonyl (C=O) groups is 2. The summed E-state index contributed by atoms with van der Waals surface area (Å²) in [5, 5.41) is 2.80. The van der Waals surface area contributed by atoms with Crippen molar-refractivity contribution in [3.8, 4) is 5.75 Å². The molecule has 0 radical (unpaired) electrons. The molecule has 0 atom stereocenters. The van der Waals surface area contributed by atoms with Crippen molar-refractivity contribution in [2.24, 2.45) is 0 Å². The predicted octanol–water partition coefficient (Wildman–Crippen LogP) is 3.81. The van der Waals surface area contributed by atoms with E-state index in [1.165, 1.54) is 46.7 Å². The monoisotopic (exact) mass is 477 g/mol. The molecule has 12 heteroatoms. The number of alkyl halides is 3. The lowest BCUT2D eigenvalue weighted by Gasteiger charge is -2.18. The van der Waals surface area contributed by atoms with Gasteiger partial charge in [-0.3, -0.25) is 14.7 Å². The number of nitrogens with one attached hydrogen (secondary N) is 1. The van der Waals surface area contributed by atoms with Crippen LogP contribution < -0.4 is 15.0 Å². The predicted molar refractivity (Wildman–Crippen MR) is 114 cm³/mol. The fourth-order valence-corrected chi connectivity index (χ4v) is 3.80. The van der Waals surface area contributed by atoms with E-state index in [-0.39, 0.29) is 24.2 Å². The van der Waals surface area contributed by atoms with Crippen molar-refractivity contribution in [2.45, 2.75) is 19.5 Å². The van der Waals surface area contributed by atoms with E-state index < -0.39 is 6.36 Å². The molecule has 172 valence electrons. The molecule has 1 aromatic carbocycles. The lowest BCUT2D eigenvalue weighted by molar-refractivity contribution is -0.274. The van der Waals surface area contributed by atoms with Gasteiger partial charge in [-0.15, -0.1) is 24.5 Å². The van der Waals surface area contributed by atoms with Gasteiger partial charge >= 0.3 is 12.4 Å². The first-order valence-corrected chi connectivity index (χ1v) is 10.7. The number of hydrogen-bond donors (Lipinski definition) is 1. The molecule has 2 aromatic heterocycles. The number of anilines is 1. The van der Waals surface area contributed by atoms with Crippen molar-refractivity contribution in [3.05, 3.63) is 70.3 Å². The topological polar surface area (TPSA) is 87.7 Å². The molecular weight excluding hydrogens is 459 g/mol. The van der Waals surface area contributed by atoms with Crippen LogP contribution >= 0.6 is 11.3 Å². The van der Waals surface area contributed by atoms with E-state index in [0.717, 1.165) is 4.88 Å². The average Bonchev–Trinajstić information content (AvgIpc) is 3.43. The van der Waals surface area contributed by atoms with Crippen LogP contribution in [0.4, 0.5) is 23.8 Å². The van der Waals surface area contributed by atoms with Gasteiger partial charge in [-0.1, -0.05) is 12.1 Å². The van der Waals surface area contributed by atoms with Crippen LogP contribution in [-0.4, -0.2) is 46.3 Å². The number of aromatic nitrogens is 2. The van der Waals surface area contributed by atoms with Gasteiger partial charge in [-0.25, -0.2) is 9.78 Å². The Morgan fingerprint density at radius 1 is 1.18 bits per heavy atom. The Morgan fingerprint density at radius 3 is 2.67 bits per heavy atom. The second-order valence-corrected chi connectivity index (χ2v) is 8.07. The number of thiazole rings is 1. The van der Waals surface area contributed by atoms with Crippen LogP contribution in [0.5, 0.6) is 5.75 Å². The zero-order chi connectivity index (χ0) is 23.4. The molecule has 1 fully saturated rings. The second-order valence-electron chi connectivity index (χ2n) is 7.10. The number of carbonyl (C=O) groups excluding carboxylic acids is 2. The van der Waals surface area contributed by atoms with Crippen LogP contribution in [0.25, 0.3) is 0 Å². The highest BCUT2D eigenvalue weighted by Gasteiger charge is 2.32. The Labute approximate surface area is 190 Å². The first-order chi connectivity index (χ1) is 15.8. The molecule has 0 saturated carbocycles. The van der Waals surface area contributed by atoms with Gasteiger partial charge in [0.15, 0.2) is 0 Å². The normalized spacial score (nSPS) is 14.0. The molecule has 3 aromatic rings. The number of ether oxygens (including phenoxy) is 1. The summed E-state index contributed by atoms with van der Waals surface area (Å²) in [6.45, 7) is 1.34. The van der Waals surface area contributed by atoms with Crippen LogP contribution in [0, 0.1) is 0 Å². The number of pyridine rings is 1. The molecule has 33 heavy (non-hydrogen) atoms.